The van der Waals surface area contributed by atoms with Crippen LogP contribution in [-0.4, -0.2) is 27.6 Å². The van der Waals surface area contributed by atoms with E-state index in [0.717, 1.165) is 12.2 Å². The van der Waals surface area contributed by atoms with Crippen molar-refractivity contribution in [2.45, 2.75) is 30.6 Å². The van der Waals surface area contributed by atoms with Gasteiger partial charge in [-0.15, -0.1) is 0 Å². The Morgan fingerprint density at radius 3 is 2.82 bits per heavy atom. The molecule has 1 heterocycles. The maximum atomic E-state index is 10.8. The Morgan fingerprint density at radius 2 is 2.45 bits per heavy atom. The van der Waals surface area contributed by atoms with Gasteiger partial charge in [-0.05, 0) is 25.5 Å². The minimum absolute atomic E-state index is 0.0613. The molecule has 1 aliphatic rings. The van der Waals surface area contributed by atoms with Gasteiger partial charge in [0.25, 0.3) is 5.91 Å². The van der Waals surface area contributed by atoms with E-state index in [4.69, 9.17) is 5.73 Å². The van der Waals surface area contributed by atoms with Crippen LogP contribution in [0.3, 0.4) is 0 Å². The number of hydrogen-bond acceptors (Lipinski definition) is 3. The van der Waals surface area contributed by atoms with E-state index in [1.807, 2.05) is 6.92 Å². The van der Waals surface area contributed by atoms with Gasteiger partial charge in [-0.1, -0.05) is 0 Å². The summed E-state index contributed by atoms with van der Waals surface area (Å²) in [6.07, 6.45) is 1.38. The van der Waals surface area contributed by atoms with Crippen molar-refractivity contribution in [3.63, 3.8) is 0 Å². The Balaban J connectivity index is 2.72. The first-order chi connectivity index (χ1) is 5.07. The van der Waals surface area contributed by atoms with Gasteiger partial charge in [0.15, 0.2) is 5.60 Å². The average Bonchev–Trinajstić information content (AvgIpc) is 1.95. The predicted octanol–water partition coefficient (Wildman–Crippen LogP) is 0.118. The Kier molecular flexibility index (Phi) is 2.44. The van der Waals surface area contributed by atoms with Crippen LogP contribution in [0.15, 0.2) is 0 Å². The summed E-state index contributed by atoms with van der Waals surface area (Å²) in [6, 6.07) is 0. The molecule has 64 valence electrons. The molecule has 0 aromatic rings. The third kappa shape index (κ3) is 1.51. The third-order valence-electron chi connectivity index (χ3n) is 2.17. The number of carbonyl (C=O) groups excluding carboxylic acids is 1. The second-order valence-corrected chi connectivity index (χ2v) is 4.35. The maximum absolute atomic E-state index is 10.8. The zero-order valence-electron chi connectivity index (χ0n) is 6.54. The van der Waals surface area contributed by atoms with Crippen molar-refractivity contribution in [3.05, 3.63) is 0 Å². The first-order valence-corrected chi connectivity index (χ1v) is 4.76. The molecule has 1 saturated heterocycles. The standard InChI is InChI=1S/C7H13NO2S/c1-5-7(10,6(8)9)3-2-4-11-5/h5,10H,2-4H2,1H3,(H2,8,9). The number of aliphatic hydroxyl groups is 1. The van der Waals surface area contributed by atoms with Crippen molar-refractivity contribution in [1.29, 1.82) is 0 Å². The lowest BCUT2D eigenvalue weighted by molar-refractivity contribution is -0.136. The Labute approximate surface area is 70.3 Å². The fourth-order valence-electron chi connectivity index (χ4n) is 1.27. The highest BCUT2D eigenvalue weighted by atomic mass is 32.2. The van der Waals surface area contributed by atoms with Crippen molar-refractivity contribution >= 4 is 17.7 Å². The van der Waals surface area contributed by atoms with Gasteiger partial charge in [-0.3, -0.25) is 4.79 Å². The SMILES string of the molecule is CC1SCCCC1(O)C(N)=O. The summed E-state index contributed by atoms with van der Waals surface area (Å²) in [6.45, 7) is 1.84. The smallest absolute Gasteiger partial charge is 0.250 e. The molecule has 3 N–H and O–H groups in total. The van der Waals surface area contributed by atoms with Crippen molar-refractivity contribution in [3.8, 4) is 0 Å². The van der Waals surface area contributed by atoms with Crippen LogP contribution in [-0.2, 0) is 4.79 Å². The molecule has 0 radical (unpaired) electrons. The van der Waals surface area contributed by atoms with E-state index in [9.17, 15) is 9.90 Å². The van der Waals surface area contributed by atoms with Gasteiger partial charge in [0.1, 0.15) is 0 Å². The van der Waals surface area contributed by atoms with Gasteiger partial charge in [0.2, 0.25) is 0 Å². The lowest BCUT2D eigenvalue weighted by Gasteiger charge is -2.34. The lowest BCUT2D eigenvalue weighted by Crippen LogP contribution is -2.52. The molecule has 2 atom stereocenters. The average molecular weight is 175 g/mol. The molecule has 1 aliphatic heterocycles. The molecule has 0 bridgehead atoms. The zero-order valence-corrected chi connectivity index (χ0v) is 7.36. The Morgan fingerprint density at radius 1 is 1.82 bits per heavy atom. The number of thioether (sulfide) groups is 1. The highest BCUT2D eigenvalue weighted by Gasteiger charge is 2.41. The normalized spacial score (nSPS) is 38.5. The molecule has 11 heavy (non-hydrogen) atoms. The molecule has 0 saturated carbocycles. The van der Waals surface area contributed by atoms with Crippen LogP contribution in [0.1, 0.15) is 19.8 Å². The van der Waals surface area contributed by atoms with Crippen molar-refractivity contribution in [2.75, 3.05) is 5.75 Å². The van der Waals surface area contributed by atoms with Gasteiger partial charge in [-0.25, -0.2) is 0 Å². The fraction of sp³-hybridized carbons (Fsp3) is 0.857. The second-order valence-electron chi connectivity index (χ2n) is 2.91. The molecule has 0 aliphatic carbocycles. The van der Waals surface area contributed by atoms with Crippen LogP contribution in [0.25, 0.3) is 0 Å². The van der Waals surface area contributed by atoms with Crippen molar-refractivity contribution < 1.29 is 9.90 Å². The van der Waals surface area contributed by atoms with Crippen LogP contribution < -0.4 is 5.73 Å². The van der Waals surface area contributed by atoms with Crippen molar-refractivity contribution in [1.82, 2.24) is 0 Å². The van der Waals surface area contributed by atoms with E-state index >= 15 is 0 Å². The highest BCUT2D eigenvalue weighted by molar-refractivity contribution is 8.00. The number of hydrogen-bond donors (Lipinski definition) is 2. The van der Waals surface area contributed by atoms with Gasteiger partial charge in [-0.2, -0.15) is 11.8 Å². The van der Waals surface area contributed by atoms with E-state index < -0.39 is 11.5 Å². The quantitative estimate of drug-likeness (QED) is 0.595. The van der Waals surface area contributed by atoms with Gasteiger partial charge >= 0.3 is 0 Å². The molecule has 3 nitrogen and oxygen atoms in total. The molecule has 1 amide bonds. The van der Waals surface area contributed by atoms with E-state index in [2.05, 4.69) is 0 Å². The number of rotatable bonds is 1. The number of carbonyl (C=O) groups is 1. The first-order valence-electron chi connectivity index (χ1n) is 3.71. The minimum Gasteiger partial charge on any atom is -0.379 e. The number of nitrogens with two attached hydrogens (primary N) is 1. The maximum Gasteiger partial charge on any atom is 0.250 e. The monoisotopic (exact) mass is 175 g/mol. The highest BCUT2D eigenvalue weighted by Crippen LogP contribution is 2.33. The van der Waals surface area contributed by atoms with Crippen LogP contribution in [0, 0.1) is 0 Å². The molecule has 0 aromatic carbocycles. The molecule has 1 rings (SSSR count). The molecule has 4 heteroatoms. The lowest BCUT2D eigenvalue weighted by atomic mass is 9.93. The Hall–Kier alpha value is -0.220. The molecule has 1 fully saturated rings. The summed E-state index contributed by atoms with van der Waals surface area (Å²) >= 11 is 1.60. The topological polar surface area (TPSA) is 63.3 Å². The Bertz CT molecular complexity index is 174. The van der Waals surface area contributed by atoms with E-state index in [-0.39, 0.29) is 5.25 Å². The van der Waals surface area contributed by atoms with Gasteiger partial charge < -0.3 is 10.8 Å². The molecule has 0 spiro atoms. The number of amides is 1. The van der Waals surface area contributed by atoms with E-state index in [0.29, 0.717) is 6.42 Å². The summed E-state index contributed by atoms with van der Waals surface area (Å²) in [5, 5.41) is 9.66. The third-order valence-corrected chi connectivity index (χ3v) is 3.58. The summed E-state index contributed by atoms with van der Waals surface area (Å²) in [5.41, 5.74) is 3.83. The molecular weight excluding hydrogens is 162 g/mol. The van der Waals surface area contributed by atoms with Crippen LogP contribution in [0.2, 0.25) is 0 Å². The molecule has 2 unspecified atom stereocenters. The number of primary amides is 1. The first kappa shape index (κ1) is 8.87. The van der Waals surface area contributed by atoms with Crippen LogP contribution in [0.5, 0.6) is 0 Å². The second kappa shape index (κ2) is 3.03. The summed E-state index contributed by atoms with van der Waals surface area (Å²) in [7, 11) is 0. The van der Waals surface area contributed by atoms with E-state index in [1.165, 1.54) is 0 Å². The molecule has 0 aromatic heterocycles. The predicted molar refractivity (Wildman–Crippen MR) is 45.3 cm³/mol. The minimum atomic E-state index is -1.26. The zero-order chi connectivity index (χ0) is 8.48. The van der Waals surface area contributed by atoms with E-state index in [1.54, 1.807) is 11.8 Å². The van der Waals surface area contributed by atoms with Crippen LogP contribution >= 0.6 is 11.8 Å². The largest absolute Gasteiger partial charge is 0.379 e. The van der Waals surface area contributed by atoms with Crippen LogP contribution in [0.4, 0.5) is 0 Å². The van der Waals surface area contributed by atoms with Gasteiger partial charge in [0, 0.05) is 5.25 Å². The molecular formula is C7H13NO2S. The van der Waals surface area contributed by atoms with Crippen molar-refractivity contribution in [2.24, 2.45) is 5.73 Å². The summed E-state index contributed by atoms with van der Waals surface area (Å²) in [5.74, 6) is 0.425. The summed E-state index contributed by atoms with van der Waals surface area (Å²) in [4.78, 5) is 10.8. The fourth-order valence-corrected chi connectivity index (χ4v) is 2.44. The summed E-state index contributed by atoms with van der Waals surface area (Å²) < 4.78 is 0. The van der Waals surface area contributed by atoms with Gasteiger partial charge in [0.05, 0.1) is 0 Å².